The molecular weight excluding hydrogens is 252 g/mol. The summed E-state index contributed by atoms with van der Waals surface area (Å²) in [5.41, 5.74) is -0.669. The van der Waals surface area contributed by atoms with Crippen LogP contribution in [-0.2, 0) is 6.54 Å². The lowest BCUT2D eigenvalue weighted by Crippen LogP contribution is -2.07. The minimum absolute atomic E-state index is 0.140. The van der Waals surface area contributed by atoms with Crippen molar-refractivity contribution in [3.8, 4) is 0 Å². The second kappa shape index (κ2) is 5.21. The summed E-state index contributed by atoms with van der Waals surface area (Å²) < 4.78 is 5.08. The Labute approximate surface area is 107 Å². The van der Waals surface area contributed by atoms with Crippen LogP contribution in [-0.4, -0.2) is 16.0 Å². The molecule has 0 saturated heterocycles. The Morgan fingerprint density at radius 2 is 2.16 bits per heavy atom. The van der Waals surface area contributed by atoms with Crippen LogP contribution in [0.5, 0.6) is 0 Å². The highest BCUT2D eigenvalue weighted by atomic mass is 16.6. The average Bonchev–Trinajstić information content (AvgIpc) is 2.88. The van der Waals surface area contributed by atoms with E-state index in [9.17, 15) is 14.9 Å². The maximum absolute atomic E-state index is 11.0. The Kier molecular flexibility index (Phi) is 3.46. The molecule has 0 radical (unpaired) electrons. The van der Waals surface area contributed by atoms with Gasteiger partial charge < -0.3 is 14.8 Å². The smallest absolute Gasteiger partial charge is 0.342 e. The molecule has 2 aromatic rings. The van der Waals surface area contributed by atoms with Crippen molar-refractivity contribution < 1.29 is 19.2 Å². The van der Waals surface area contributed by atoms with E-state index in [0.717, 1.165) is 0 Å². The standard InChI is InChI=1S/C12H10N2O5/c15-12(16)9-4-1-5-10(11(9)14(17)18)13-7-8-3-2-6-19-8/h1-6,13H,7H2,(H,15,16). The van der Waals surface area contributed by atoms with Gasteiger partial charge in [-0.15, -0.1) is 0 Å². The van der Waals surface area contributed by atoms with E-state index in [-0.39, 0.29) is 17.8 Å². The van der Waals surface area contributed by atoms with Crippen molar-refractivity contribution in [2.75, 3.05) is 5.32 Å². The van der Waals surface area contributed by atoms with Gasteiger partial charge >= 0.3 is 11.7 Å². The van der Waals surface area contributed by atoms with Gasteiger partial charge in [0.15, 0.2) is 0 Å². The minimum atomic E-state index is -1.34. The van der Waals surface area contributed by atoms with Gasteiger partial charge in [-0.05, 0) is 24.3 Å². The van der Waals surface area contributed by atoms with Gasteiger partial charge in [0.05, 0.1) is 17.7 Å². The molecule has 0 aliphatic rings. The van der Waals surface area contributed by atoms with Gasteiger partial charge in [-0.1, -0.05) is 6.07 Å². The lowest BCUT2D eigenvalue weighted by molar-refractivity contribution is -0.384. The van der Waals surface area contributed by atoms with Crippen molar-refractivity contribution in [3.05, 3.63) is 58.0 Å². The first-order valence-electron chi connectivity index (χ1n) is 5.36. The Morgan fingerprint density at radius 1 is 1.37 bits per heavy atom. The van der Waals surface area contributed by atoms with E-state index in [0.29, 0.717) is 5.76 Å². The summed E-state index contributed by atoms with van der Waals surface area (Å²) in [6, 6.07) is 7.49. The van der Waals surface area contributed by atoms with Crippen molar-refractivity contribution in [2.24, 2.45) is 0 Å². The van der Waals surface area contributed by atoms with E-state index in [1.54, 1.807) is 12.1 Å². The van der Waals surface area contributed by atoms with Crippen LogP contribution in [0.2, 0.25) is 0 Å². The molecule has 2 N–H and O–H groups in total. The van der Waals surface area contributed by atoms with Gasteiger partial charge in [0, 0.05) is 0 Å². The highest BCUT2D eigenvalue weighted by Crippen LogP contribution is 2.29. The monoisotopic (exact) mass is 262 g/mol. The number of hydrogen-bond donors (Lipinski definition) is 2. The molecule has 2 rings (SSSR count). The number of rotatable bonds is 5. The molecule has 1 heterocycles. The first kappa shape index (κ1) is 12.6. The molecule has 7 nitrogen and oxygen atoms in total. The van der Waals surface area contributed by atoms with Gasteiger partial charge in [-0.25, -0.2) is 4.79 Å². The molecule has 19 heavy (non-hydrogen) atoms. The van der Waals surface area contributed by atoms with Crippen molar-refractivity contribution in [1.82, 2.24) is 0 Å². The van der Waals surface area contributed by atoms with Gasteiger partial charge in [-0.2, -0.15) is 0 Å². The van der Waals surface area contributed by atoms with Gasteiger partial charge in [0.1, 0.15) is 17.0 Å². The number of carboxylic acids is 1. The summed E-state index contributed by atoms with van der Waals surface area (Å²) in [6.07, 6.45) is 1.49. The van der Waals surface area contributed by atoms with Crippen LogP contribution in [0.1, 0.15) is 16.1 Å². The zero-order valence-corrected chi connectivity index (χ0v) is 9.70. The van der Waals surface area contributed by atoms with Crippen LogP contribution < -0.4 is 5.32 Å². The highest BCUT2D eigenvalue weighted by molar-refractivity contribution is 5.95. The van der Waals surface area contributed by atoms with E-state index in [4.69, 9.17) is 9.52 Å². The average molecular weight is 262 g/mol. The van der Waals surface area contributed by atoms with Gasteiger partial charge in [0.25, 0.3) is 0 Å². The van der Waals surface area contributed by atoms with Gasteiger partial charge in [-0.3, -0.25) is 10.1 Å². The Hall–Kier alpha value is -2.83. The Bertz CT molecular complexity index is 607. The fraction of sp³-hybridized carbons (Fsp3) is 0.0833. The summed E-state index contributed by atoms with van der Waals surface area (Å²) in [5.74, 6) is -0.747. The summed E-state index contributed by atoms with van der Waals surface area (Å²) in [6.45, 7) is 0.233. The van der Waals surface area contributed by atoms with Gasteiger partial charge in [0.2, 0.25) is 0 Å². The number of carbonyl (C=O) groups is 1. The largest absolute Gasteiger partial charge is 0.477 e. The lowest BCUT2D eigenvalue weighted by Gasteiger charge is -2.07. The normalized spacial score (nSPS) is 10.1. The third-order valence-electron chi connectivity index (χ3n) is 2.48. The van der Waals surface area contributed by atoms with Crippen molar-refractivity contribution in [3.63, 3.8) is 0 Å². The van der Waals surface area contributed by atoms with Crippen molar-refractivity contribution in [2.45, 2.75) is 6.54 Å². The molecule has 1 aromatic heterocycles. The lowest BCUT2D eigenvalue weighted by atomic mass is 10.1. The molecule has 0 unspecified atom stereocenters. The fourth-order valence-corrected chi connectivity index (χ4v) is 1.65. The SMILES string of the molecule is O=C(O)c1cccc(NCc2ccco2)c1[N+](=O)[O-]. The number of nitro benzene ring substituents is 1. The highest BCUT2D eigenvalue weighted by Gasteiger charge is 2.23. The predicted octanol–water partition coefficient (Wildman–Crippen LogP) is 2.50. The third kappa shape index (κ3) is 2.71. The zero-order valence-electron chi connectivity index (χ0n) is 9.70. The molecule has 0 amide bonds. The number of para-hydroxylation sites is 1. The third-order valence-corrected chi connectivity index (χ3v) is 2.48. The molecule has 0 atom stereocenters. The molecular formula is C12H10N2O5. The number of anilines is 1. The van der Waals surface area contributed by atoms with Crippen LogP contribution in [0.15, 0.2) is 41.0 Å². The van der Waals surface area contributed by atoms with Crippen molar-refractivity contribution >= 4 is 17.3 Å². The summed E-state index contributed by atoms with van der Waals surface area (Å²) >= 11 is 0. The molecule has 0 fully saturated rings. The van der Waals surface area contributed by atoms with E-state index in [1.807, 2.05) is 0 Å². The second-order valence-corrected chi connectivity index (χ2v) is 3.70. The quantitative estimate of drug-likeness (QED) is 0.633. The Balaban J connectivity index is 2.31. The maximum Gasteiger partial charge on any atom is 0.342 e. The fourth-order valence-electron chi connectivity index (χ4n) is 1.65. The van der Waals surface area contributed by atoms with Crippen LogP contribution in [0.25, 0.3) is 0 Å². The number of carboxylic acid groups (broad SMARTS) is 1. The van der Waals surface area contributed by atoms with E-state index >= 15 is 0 Å². The molecule has 0 spiro atoms. The molecule has 98 valence electrons. The van der Waals surface area contributed by atoms with Crippen LogP contribution >= 0.6 is 0 Å². The molecule has 1 aromatic carbocycles. The maximum atomic E-state index is 11.0. The first-order valence-corrected chi connectivity index (χ1v) is 5.36. The molecule has 0 aliphatic carbocycles. The minimum Gasteiger partial charge on any atom is -0.477 e. The number of benzene rings is 1. The van der Waals surface area contributed by atoms with Crippen LogP contribution in [0.3, 0.4) is 0 Å². The number of nitrogens with zero attached hydrogens (tertiary/aromatic N) is 1. The van der Waals surface area contributed by atoms with Crippen LogP contribution in [0, 0.1) is 10.1 Å². The Morgan fingerprint density at radius 3 is 2.74 bits per heavy atom. The van der Waals surface area contributed by atoms with E-state index < -0.39 is 16.6 Å². The summed E-state index contributed by atoms with van der Waals surface area (Å²) in [4.78, 5) is 21.2. The summed E-state index contributed by atoms with van der Waals surface area (Å²) in [5, 5.41) is 22.7. The van der Waals surface area contributed by atoms with Crippen molar-refractivity contribution in [1.29, 1.82) is 0 Å². The van der Waals surface area contributed by atoms with Crippen LogP contribution in [0.4, 0.5) is 11.4 Å². The molecule has 0 aliphatic heterocycles. The molecule has 0 bridgehead atoms. The molecule has 0 saturated carbocycles. The zero-order chi connectivity index (χ0) is 13.8. The number of nitrogens with one attached hydrogen (secondary N) is 1. The number of nitro groups is 1. The number of hydrogen-bond acceptors (Lipinski definition) is 5. The topological polar surface area (TPSA) is 106 Å². The molecule has 7 heteroatoms. The number of aromatic carboxylic acids is 1. The van der Waals surface area contributed by atoms with E-state index in [2.05, 4.69) is 5.32 Å². The summed E-state index contributed by atoms with van der Waals surface area (Å²) in [7, 11) is 0. The first-order chi connectivity index (χ1) is 9.09. The second-order valence-electron chi connectivity index (χ2n) is 3.70. The predicted molar refractivity (Wildman–Crippen MR) is 66.1 cm³/mol. The number of furan rings is 1. The van der Waals surface area contributed by atoms with E-state index in [1.165, 1.54) is 24.5 Å².